The molecule has 1 fully saturated rings. The molecule has 1 N–H and O–H groups in total. The fourth-order valence-electron chi connectivity index (χ4n) is 2.43. The molecule has 2 heterocycles. The number of aryl methyl sites for hydroxylation is 1. The van der Waals surface area contributed by atoms with Gasteiger partial charge in [-0.2, -0.15) is 0 Å². The van der Waals surface area contributed by atoms with E-state index in [4.69, 9.17) is 0 Å². The lowest BCUT2D eigenvalue weighted by atomic mass is 10.1. The van der Waals surface area contributed by atoms with Crippen LogP contribution in [0.3, 0.4) is 0 Å². The van der Waals surface area contributed by atoms with E-state index < -0.39 is 9.84 Å². The van der Waals surface area contributed by atoms with Crippen molar-refractivity contribution >= 4 is 21.4 Å². The first kappa shape index (κ1) is 15.9. The van der Waals surface area contributed by atoms with Crippen LogP contribution in [0.4, 0.5) is 5.69 Å². The Labute approximate surface area is 125 Å². The standard InChI is InChI=1S/C14H21N3O3S/c1-3-11-9-15-5-4-13(11)16-14(18)8-12-10-21(19,20)7-6-17(12)2/h4-5,9,12H,3,6-8,10H2,1-2H3,(H,15,16,18). The molecule has 7 heteroatoms. The smallest absolute Gasteiger partial charge is 0.225 e. The molecule has 6 nitrogen and oxygen atoms in total. The molecule has 0 spiro atoms. The van der Waals surface area contributed by atoms with Gasteiger partial charge >= 0.3 is 0 Å². The number of nitrogens with one attached hydrogen (secondary N) is 1. The lowest BCUT2D eigenvalue weighted by Gasteiger charge is -2.31. The molecule has 1 aliphatic heterocycles. The summed E-state index contributed by atoms with van der Waals surface area (Å²) in [5.74, 6) is 0.0599. The van der Waals surface area contributed by atoms with Gasteiger partial charge < -0.3 is 10.2 Å². The van der Waals surface area contributed by atoms with Gasteiger partial charge in [-0.05, 0) is 25.1 Å². The SMILES string of the molecule is CCc1cnccc1NC(=O)CC1CS(=O)(=O)CCN1C. The number of carbonyl (C=O) groups excluding carboxylic acids is 1. The largest absolute Gasteiger partial charge is 0.326 e. The van der Waals surface area contributed by atoms with Crippen LogP contribution in [-0.4, -0.2) is 55.3 Å². The van der Waals surface area contributed by atoms with Gasteiger partial charge in [-0.15, -0.1) is 0 Å². The maximum Gasteiger partial charge on any atom is 0.225 e. The molecular weight excluding hydrogens is 290 g/mol. The Morgan fingerprint density at radius 3 is 3.00 bits per heavy atom. The van der Waals surface area contributed by atoms with Crippen molar-refractivity contribution in [3.05, 3.63) is 24.0 Å². The molecule has 1 aliphatic rings. The molecule has 21 heavy (non-hydrogen) atoms. The lowest BCUT2D eigenvalue weighted by Crippen LogP contribution is -2.47. The Hall–Kier alpha value is -1.47. The average Bonchev–Trinajstić information content (AvgIpc) is 2.43. The zero-order valence-electron chi connectivity index (χ0n) is 12.4. The van der Waals surface area contributed by atoms with Gasteiger partial charge in [-0.3, -0.25) is 9.78 Å². The number of sulfone groups is 1. The van der Waals surface area contributed by atoms with Crippen molar-refractivity contribution in [1.82, 2.24) is 9.88 Å². The highest BCUT2D eigenvalue weighted by Gasteiger charge is 2.30. The highest BCUT2D eigenvalue weighted by atomic mass is 32.2. The number of hydrogen-bond acceptors (Lipinski definition) is 5. The highest BCUT2D eigenvalue weighted by molar-refractivity contribution is 7.91. The van der Waals surface area contributed by atoms with E-state index >= 15 is 0 Å². The normalized spacial score (nSPS) is 21.9. The molecule has 0 bridgehead atoms. The molecule has 0 aliphatic carbocycles. The van der Waals surface area contributed by atoms with Crippen LogP contribution in [0.2, 0.25) is 0 Å². The molecule has 2 rings (SSSR count). The van der Waals surface area contributed by atoms with Crippen molar-refractivity contribution in [3.63, 3.8) is 0 Å². The van der Waals surface area contributed by atoms with E-state index in [0.717, 1.165) is 17.7 Å². The van der Waals surface area contributed by atoms with Crippen LogP contribution in [0.5, 0.6) is 0 Å². The maximum absolute atomic E-state index is 12.2. The van der Waals surface area contributed by atoms with E-state index in [0.29, 0.717) is 6.54 Å². The first-order valence-electron chi connectivity index (χ1n) is 7.04. The van der Waals surface area contributed by atoms with Crippen molar-refractivity contribution in [1.29, 1.82) is 0 Å². The monoisotopic (exact) mass is 311 g/mol. The molecule has 0 saturated carbocycles. The second-order valence-corrected chi connectivity index (χ2v) is 7.62. The van der Waals surface area contributed by atoms with E-state index in [9.17, 15) is 13.2 Å². The van der Waals surface area contributed by atoms with E-state index in [1.54, 1.807) is 18.5 Å². The molecule has 1 atom stereocenters. The molecule has 0 aromatic carbocycles. The van der Waals surface area contributed by atoms with Crippen LogP contribution in [0.25, 0.3) is 0 Å². The minimum absolute atomic E-state index is 0.0495. The van der Waals surface area contributed by atoms with Crippen molar-refractivity contribution in [2.45, 2.75) is 25.8 Å². The first-order chi connectivity index (χ1) is 9.91. The van der Waals surface area contributed by atoms with Crippen molar-refractivity contribution in [2.75, 3.05) is 30.4 Å². The summed E-state index contributed by atoms with van der Waals surface area (Å²) in [6.07, 6.45) is 4.32. The summed E-state index contributed by atoms with van der Waals surface area (Å²) in [6.45, 7) is 2.48. The number of aromatic nitrogens is 1. The second kappa shape index (κ2) is 6.53. The maximum atomic E-state index is 12.2. The lowest BCUT2D eigenvalue weighted by molar-refractivity contribution is -0.117. The Balaban J connectivity index is 2.01. The second-order valence-electron chi connectivity index (χ2n) is 5.39. The number of carbonyl (C=O) groups is 1. The zero-order valence-corrected chi connectivity index (χ0v) is 13.2. The van der Waals surface area contributed by atoms with E-state index in [1.807, 2.05) is 18.9 Å². The van der Waals surface area contributed by atoms with Gasteiger partial charge in [-0.1, -0.05) is 6.92 Å². The molecular formula is C14H21N3O3S. The van der Waals surface area contributed by atoms with Crippen LogP contribution in [0.15, 0.2) is 18.5 Å². The number of hydrogen-bond donors (Lipinski definition) is 1. The van der Waals surface area contributed by atoms with Gasteiger partial charge in [0.15, 0.2) is 9.84 Å². The van der Waals surface area contributed by atoms with Crippen molar-refractivity contribution in [3.8, 4) is 0 Å². The van der Waals surface area contributed by atoms with E-state index in [2.05, 4.69) is 10.3 Å². The Morgan fingerprint density at radius 1 is 1.52 bits per heavy atom. The summed E-state index contributed by atoms with van der Waals surface area (Å²) in [5, 5.41) is 2.86. The van der Waals surface area contributed by atoms with Crippen LogP contribution in [0, 0.1) is 0 Å². The minimum Gasteiger partial charge on any atom is -0.326 e. The molecule has 1 unspecified atom stereocenters. The molecule has 1 amide bonds. The summed E-state index contributed by atoms with van der Waals surface area (Å²) < 4.78 is 23.4. The van der Waals surface area contributed by atoms with Gasteiger partial charge in [0.25, 0.3) is 0 Å². The summed E-state index contributed by atoms with van der Waals surface area (Å²) in [6, 6.07) is 1.51. The van der Waals surface area contributed by atoms with Gasteiger partial charge in [-0.25, -0.2) is 8.42 Å². The molecule has 1 aromatic rings. The third kappa shape index (κ3) is 4.25. The number of amides is 1. The van der Waals surface area contributed by atoms with Crippen molar-refractivity contribution < 1.29 is 13.2 Å². The van der Waals surface area contributed by atoms with E-state index in [-0.39, 0.29) is 29.9 Å². The Bertz CT molecular complexity index is 616. The van der Waals surface area contributed by atoms with Crippen LogP contribution < -0.4 is 5.32 Å². The average molecular weight is 311 g/mol. The van der Waals surface area contributed by atoms with Gasteiger partial charge in [0.2, 0.25) is 5.91 Å². The number of anilines is 1. The predicted molar refractivity (Wildman–Crippen MR) is 81.9 cm³/mol. The third-order valence-electron chi connectivity index (χ3n) is 3.80. The molecule has 0 radical (unpaired) electrons. The fourth-order valence-corrected chi connectivity index (χ4v) is 4.12. The minimum atomic E-state index is -3.03. The molecule has 1 aromatic heterocycles. The van der Waals surface area contributed by atoms with Crippen LogP contribution in [-0.2, 0) is 21.1 Å². The van der Waals surface area contributed by atoms with Gasteiger partial charge in [0.1, 0.15) is 0 Å². The van der Waals surface area contributed by atoms with Crippen molar-refractivity contribution in [2.24, 2.45) is 0 Å². The number of pyridine rings is 1. The quantitative estimate of drug-likeness (QED) is 0.885. The summed E-state index contributed by atoms with van der Waals surface area (Å²) in [5.41, 5.74) is 1.72. The zero-order chi connectivity index (χ0) is 15.5. The first-order valence-corrected chi connectivity index (χ1v) is 8.87. The number of nitrogens with zero attached hydrogens (tertiary/aromatic N) is 2. The highest BCUT2D eigenvalue weighted by Crippen LogP contribution is 2.17. The third-order valence-corrected chi connectivity index (χ3v) is 5.50. The number of rotatable bonds is 4. The predicted octanol–water partition coefficient (Wildman–Crippen LogP) is 0.701. The van der Waals surface area contributed by atoms with Crippen LogP contribution >= 0.6 is 0 Å². The molecule has 116 valence electrons. The van der Waals surface area contributed by atoms with Gasteiger partial charge in [0, 0.05) is 37.1 Å². The topological polar surface area (TPSA) is 79.4 Å². The summed E-state index contributed by atoms with van der Waals surface area (Å²) in [7, 11) is -1.17. The summed E-state index contributed by atoms with van der Waals surface area (Å²) >= 11 is 0. The summed E-state index contributed by atoms with van der Waals surface area (Å²) in [4.78, 5) is 18.1. The van der Waals surface area contributed by atoms with Gasteiger partial charge in [0.05, 0.1) is 11.5 Å². The Kier molecular flexibility index (Phi) is 4.95. The Morgan fingerprint density at radius 2 is 2.29 bits per heavy atom. The fraction of sp³-hybridized carbons (Fsp3) is 0.571. The molecule has 1 saturated heterocycles. The van der Waals surface area contributed by atoms with Crippen LogP contribution in [0.1, 0.15) is 18.9 Å². The van der Waals surface area contributed by atoms with E-state index in [1.165, 1.54) is 0 Å².